The maximum atomic E-state index is 13.3. The number of benzene rings is 3. The SMILES string of the molecule is COc1ccc(C2=C[C@@H](c3ccccc3)N(S(=O)(=O)c3ccccc3)N2)cc1. The van der Waals surface area contributed by atoms with E-state index in [1.165, 1.54) is 4.41 Å². The highest BCUT2D eigenvalue weighted by Crippen LogP contribution is 2.35. The molecule has 0 bridgehead atoms. The summed E-state index contributed by atoms with van der Waals surface area (Å²) in [5.41, 5.74) is 5.60. The van der Waals surface area contributed by atoms with Crippen molar-refractivity contribution in [2.24, 2.45) is 0 Å². The Hall–Kier alpha value is -3.09. The van der Waals surface area contributed by atoms with E-state index in [4.69, 9.17) is 4.74 Å². The zero-order chi connectivity index (χ0) is 19.6. The summed E-state index contributed by atoms with van der Waals surface area (Å²) in [5, 5.41) is 0. The minimum atomic E-state index is -3.74. The third kappa shape index (κ3) is 3.40. The quantitative estimate of drug-likeness (QED) is 0.713. The summed E-state index contributed by atoms with van der Waals surface area (Å²) in [6, 6.07) is 25.1. The average Bonchev–Trinajstić information content (AvgIpc) is 3.21. The summed E-state index contributed by atoms with van der Waals surface area (Å²) >= 11 is 0. The Bertz CT molecular complexity index is 1080. The van der Waals surface area contributed by atoms with Crippen molar-refractivity contribution in [1.29, 1.82) is 0 Å². The molecule has 0 saturated heterocycles. The van der Waals surface area contributed by atoms with Crippen molar-refractivity contribution in [1.82, 2.24) is 9.84 Å². The first kappa shape index (κ1) is 18.3. The Morgan fingerprint density at radius 1 is 0.857 bits per heavy atom. The predicted molar refractivity (Wildman–Crippen MR) is 109 cm³/mol. The van der Waals surface area contributed by atoms with Gasteiger partial charge < -0.3 is 10.2 Å². The lowest BCUT2D eigenvalue weighted by molar-refractivity contribution is 0.348. The molecule has 142 valence electrons. The van der Waals surface area contributed by atoms with Crippen molar-refractivity contribution >= 4 is 15.7 Å². The van der Waals surface area contributed by atoms with Gasteiger partial charge in [0.05, 0.1) is 23.7 Å². The van der Waals surface area contributed by atoms with Crippen molar-refractivity contribution in [2.75, 3.05) is 7.11 Å². The van der Waals surface area contributed by atoms with E-state index in [1.54, 1.807) is 37.4 Å². The lowest BCUT2D eigenvalue weighted by Gasteiger charge is -2.25. The van der Waals surface area contributed by atoms with Crippen molar-refractivity contribution in [2.45, 2.75) is 10.9 Å². The smallest absolute Gasteiger partial charge is 0.260 e. The van der Waals surface area contributed by atoms with Crippen LogP contribution in [0.4, 0.5) is 0 Å². The largest absolute Gasteiger partial charge is 0.497 e. The molecule has 0 spiro atoms. The van der Waals surface area contributed by atoms with E-state index in [2.05, 4.69) is 5.43 Å². The van der Waals surface area contributed by atoms with Gasteiger partial charge in [-0.05, 0) is 53.6 Å². The molecular weight excluding hydrogens is 372 g/mol. The van der Waals surface area contributed by atoms with Crippen molar-refractivity contribution in [3.8, 4) is 5.75 Å². The molecule has 1 aliphatic heterocycles. The molecule has 3 aromatic carbocycles. The van der Waals surface area contributed by atoms with E-state index >= 15 is 0 Å². The maximum absolute atomic E-state index is 13.3. The normalized spacial score (nSPS) is 17.0. The first-order chi connectivity index (χ1) is 13.6. The van der Waals surface area contributed by atoms with Crippen LogP contribution in [0.5, 0.6) is 5.75 Å². The number of nitrogens with zero attached hydrogens (tertiary/aromatic N) is 1. The fourth-order valence-electron chi connectivity index (χ4n) is 3.18. The standard InChI is InChI=1S/C22H20N2O3S/c1-27-19-14-12-17(13-15-19)21-16-22(18-8-4-2-5-9-18)24(23-21)28(25,26)20-10-6-3-7-11-20/h2-16,22-23H,1H3/t22-/m0/s1. The zero-order valence-electron chi connectivity index (χ0n) is 15.3. The Kier molecular flexibility index (Phi) is 4.90. The molecular formula is C22H20N2O3S. The van der Waals surface area contributed by atoms with Crippen LogP contribution in [0, 0.1) is 0 Å². The Balaban J connectivity index is 1.76. The molecule has 0 fully saturated rings. The van der Waals surface area contributed by atoms with Gasteiger partial charge in [0.2, 0.25) is 0 Å². The molecule has 1 atom stereocenters. The van der Waals surface area contributed by atoms with Crippen LogP contribution in [0.3, 0.4) is 0 Å². The summed E-state index contributed by atoms with van der Waals surface area (Å²) in [5.74, 6) is 0.746. The first-order valence-electron chi connectivity index (χ1n) is 8.87. The van der Waals surface area contributed by atoms with Crippen LogP contribution in [-0.4, -0.2) is 19.9 Å². The fraction of sp³-hybridized carbons (Fsp3) is 0.0909. The van der Waals surface area contributed by atoms with Gasteiger partial charge >= 0.3 is 0 Å². The summed E-state index contributed by atoms with van der Waals surface area (Å²) in [7, 11) is -2.13. The number of hydrogen-bond donors (Lipinski definition) is 1. The summed E-state index contributed by atoms with van der Waals surface area (Å²) in [6.45, 7) is 0. The average molecular weight is 392 g/mol. The van der Waals surface area contributed by atoms with Crippen LogP contribution in [0.15, 0.2) is 95.9 Å². The summed E-state index contributed by atoms with van der Waals surface area (Å²) in [4.78, 5) is 0.243. The molecule has 1 aliphatic rings. The molecule has 4 rings (SSSR count). The minimum Gasteiger partial charge on any atom is -0.497 e. The lowest BCUT2D eigenvalue weighted by Crippen LogP contribution is -2.39. The van der Waals surface area contributed by atoms with Gasteiger partial charge in [-0.15, -0.1) is 4.41 Å². The number of hydrogen-bond acceptors (Lipinski definition) is 4. The third-order valence-electron chi connectivity index (χ3n) is 4.65. The number of methoxy groups -OCH3 is 1. The maximum Gasteiger partial charge on any atom is 0.260 e. The first-order valence-corrected chi connectivity index (χ1v) is 10.3. The van der Waals surface area contributed by atoms with Crippen LogP contribution >= 0.6 is 0 Å². The van der Waals surface area contributed by atoms with Gasteiger partial charge in [-0.25, -0.2) is 8.42 Å². The van der Waals surface area contributed by atoms with E-state index < -0.39 is 16.1 Å². The van der Waals surface area contributed by atoms with Gasteiger partial charge in [0, 0.05) is 0 Å². The van der Waals surface area contributed by atoms with Crippen LogP contribution in [0.25, 0.3) is 5.70 Å². The second-order valence-electron chi connectivity index (χ2n) is 6.39. The fourth-order valence-corrected chi connectivity index (χ4v) is 4.61. The highest BCUT2D eigenvalue weighted by atomic mass is 32.2. The van der Waals surface area contributed by atoms with E-state index in [-0.39, 0.29) is 4.90 Å². The number of nitrogens with one attached hydrogen (secondary N) is 1. The molecule has 0 aliphatic carbocycles. The van der Waals surface area contributed by atoms with Gasteiger partial charge in [0.15, 0.2) is 0 Å². The molecule has 6 heteroatoms. The van der Waals surface area contributed by atoms with Crippen LogP contribution < -0.4 is 10.2 Å². The van der Waals surface area contributed by atoms with Crippen LogP contribution in [0.2, 0.25) is 0 Å². The van der Waals surface area contributed by atoms with Gasteiger partial charge in [-0.3, -0.25) is 0 Å². The monoisotopic (exact) mass is 392 g/mol. The molecule has 1 N–H and O–H groups in total. The lowest BCUT2D eigenvalue weighted by atomic mass is 10.1. The van der Waals surface area contributed by atoms with E-state index in [1.807, 2.05) is 60.7 Å². The van der Waals surface area contributed by atoms with Gasteiger partial charge in [0.1, 0.15) is 5.75 Å². The zero-order valence-corrected chi connectivity index (χ0v) is 16.1. The molecule has 0 saturated carbocycles. The summed E-state index contributed by atoms with van der Waals surface area (Å²) in [6.07, 6.45) is 1.93. The predicted octanol–water partition coefficient (Wildman–Crippen LogP) is 3.99. The highest BCUT2D eigenvalue weighted by molar-refractivity contribution is 7.89. The second-order valence-corrected chi connectivity index (χ2v) is 8.21. The Morgan fingerprint density at radius 2 is 1.46 bits per heavy atom. The Morgan fingerprint density at radius 3 is 2.07 bits per heavy atom. The number of hydrazine groups is 1. The molecule has 1 heterocycles. The van der Waals surface area contributed by atoms with Gasteiger partial charge in [-0.1, -0.05) is 48.5 Å². The number of ether oxygens (including phenoxy) is 1. The van der Waals surface area contributed by atoms with Crippen LogP contribution in [-0.2, 0) is 10.0 Å². The number of sulfonamides is 1. The van der Waals surface area contributed by atoms with Crippen molar-refractivity contribution < 1.29 is 13.2 Å². The molecule has 0 aromatic heterocycles. The topological polar surface area (TPSA) is 58.6 Å². The van der Waals surface area contributed by atoms with Crippen molar-refractivity contribution in [3.63, 3.8) is 0 Å². The highest BCUT2D eigenvalue weighted by Gasteiger charge is 2.36. The molecule has 0 radical (unpaired) electrons. The summed E-state index contributed by atoms with van der Waals surface area (Å²) < 4.78 is 33.1. The van der Waals surface area contributed by atoms with Crippen LogP contribution in [0.1, 0.15) is 17.2 Å². The van der Waals surface area contributed by atoms with E-state index in [0.29, 0.717) is 0 Å². The third-order valence-corrected chi connectivity index (χ3v) is 6.35. The Labute approximate surface area is 164 Å². The number of rotatable bonds is 5. The molecule has 0 unspecified atom stereocenters. The minimum absolute atomic E-state index is 0.243. The molecule has 5 nitrogen and oxygen atoms in total. The van der Waals surface area contributed by atoms with Gasteiger partial charge in [0.25, 0.3) is 10.0 Å². The van der Waals surface area contributed by atoms with E-state index in [9.17, 15) is 8.42 Å². The van der Waals surface area contributed by atoms with E-state index in [0.717, 1.165) is 22.6 Å². The second kappa shape index (κ2) is 7.50. The molecule has 3 aromatic rings. The van der Waals surface area contributed by atoms with Crippen molar-refractivity contribution in [3.05, 3.63) is 102 Å². The molecule has 0 amide bonds. The van der Waals surface area contributed by atoms with Gasteiger partial charge in [-0.2, -0.15) is 0 Å². The molecule has 28 heavy (non-hydrogen) atoms.